The zero-order chi connectivity index (χ0) is 23.8. The molecule has 0 radical (unpaired) electrons. The van der Waals surface area contributed by atoms with Gasteiger partial charge in [-0.05, 0) is 36.8 Å². The number of amides is 2. The minimum atomic E-state index is -3.64. The van der Waals surface area contributed by atoms with Crippen LogP contribution >= 0.6 is 11.3 Å². The monoisotopic (exact) mass is 491 g/mol. The van der Waals surface area contributed by atoms with E-state index in [0.29, 0.717) is 42.4 Å². The Morgan fingerprint density at radius 1 is 1.21 bits per heavy atom. The number of hydrogen-bond donors (Lipinski definition) is 2. The maximum absolute atomic E-state index is 12.8. The second-order valence-corrected chi connectivity index (χ2v) is 10.3. The third-order valence-electron chi connectivity index (χ3n) is 5.20. The fourth-order valence-electron chi connectivity index (χ4n) is 3.51. The first kappa shape index (κ1) is 23.0. The van der Waals surface area contributed by atoms with E-state index < -0.39 is 27.4 Å². The minimum Gasteiger partial charge on any atom is -0.379 e. The first-order valence-corrected chi connectivity index (χ1v) is 12.2. The zero-order valence-electron chi connectivity index (χ0n) is 17.6. The van der Waals surface area contributed by atoms with Crippen LogP contribution in [0.15, 0.2) is 40.3 Å². The molecule has 11 nitrogen and oxygen atoms in total. The Hall–Kier alpha value is -3.13. The smallest absolute Gasteiger partial charge is 0.262 e. The number of nitrogens with two attached hydrogens (primary N) is 1. The van der Waals surface area contributed by atoms with Crippen LogP contribution in [-0.4, -0.2) is 60.4 Å². The number of hydrogen-bond acceptors (Lipinski definition) is 8. The average molecular weight is 492 g/mol. The van der Waals surface area contributed by atoms with Gasteiger partial charge in [0.1, 0.15) is 11.4 Å². The van der Waals surface area contributed by atoms with E-state index in [4.69, 9.17) is 10.5 Å². The Morgan fingerprint density at radius 3 is 2.52 bits per heavy atom. The first-order valence-electron chi connectivity index (χ1n) is 9.94. The number of carbonyl (C=O) groups excluding carboxylic acids is 2. The highest BCUT2D eigenvalue weighted by molar-refractivity contribution is 7.89. The van der Waals surface area contributed by atoms with Gasteiger partial charge >= 0.3 is 0 Å². The summed E-state index contributed by atoms with van der Waals surface area (Å²) in [5, 5.41) is 2.89. The molecule has 3 aromatic rings. The number of aryl methyl sites for hydroxylation is 1. The molecule has 3 heterocycles. The molecule has 2 amide bonds. The fraction of sp³-hybridized carbons (Fsp3) is 0.300. The molecule has 1 aromatic carbocycles. The van der Waals surface area contributed by atoms with Crippen molar-refractivity contribution in [3.63, 3.8) is 0 Å². The number of primary amides is 1. The molecule has 1 saturated heterocycles. The molecule has 0 saturated carbocycles. The number of anilines is 1. The summed E-state index contributed by atoms with van der Waals surface area (Å²) < 4.78 is 33.1. The van der Waals surface area contributed by atoms with Crippen LogP contribution in [0.2, 0.25) is 0 Å². The molecule has 0 unspecified atom stereocenters. The number of nitrogens with one attached hydrogen (secondary N) is 1. The summed E-state index contributed by atoms with van der Waals surface area (Å²) in [7, 11) is -3.64. The molecule has 0 bridgehead atoms. The normalized spacial score (nSPS) is 14.9. The quantitative estimate of drug-likeness (QED) is 0.510. The number of fused-ring (bicyclic) bond motifs is 1. The first-order chi connectivity index (χ1) is 15.7. The molecule has 2 aromatic heterocycles. The van der Waals surface area contributed by atoms with Crippen molar-refractivity contribution in [3.05, 3.63) is 51.4 Å². The number of aromatic nitrogens is 2. The fourth-order valence-corrected chi connectivity index (χ4v) is 5.91. The van der Waals surface area contributed by atoms with Gasteiger partial charge in [0.05, 0.1) is 34.7 Å². The maximum Gasteiger partial charge on any atom is 0.262 e. The van der Waals surface area contributed by atoms with Crippen molar-refractivity contribution in [2.24, 2.45) is 5.73 Å². The highest BCUT2D eigenvalue weighted by atomic mass is 32.2. The van der Waals surface area contributed by atoms with E-state index >= 15 is 0 Å². The van der Waals surface area contributed by atoms with Crippen LogP contribution < -0.4 is 16.6 Å². The lowest BCUT2D eigenvalue weighted by Gasteiger charge is -2.26. The van der Waals surface area contributed by atoms with Gasteiger partial charge in [-0.1, -0.05) is 0 Å². The van der Waals surface area contributed by atoms with Crippen molar-refractivity contribution in [2.45, 2.75) is 18.4 Å². The van der Waals surface area contributed by atoms with E-state index in [0.717, 1.165) is 15.9 Å². The van der Waals surface area contributed by atoms with Gasteiger partial charge in [-0.2, -0.15) is 4.31 Å². The number of ether oxygens (including phenoxy) is 1. The summed E-state index contributed by atoms with van der Waals surface area (Å²) in [6, 6.07) is 5.80. The largest absolute Gasteiger partial charge is 0.379 e. The number of sulfonamides is 1. The molecular formula is C20H21N5O6S2. The number of carbonyl (C=O) groups is 2. The summed E-state index contributed by atoms with van der Waals surface area (Å²) in [6.45, 7) is 2.58. The second kappa shape index (κ2) is 9.02. The highest BCUT2D eigenvalue weighted by Gasteiger charge is 2.26. The molecule has 13 heteroatoms. The summed E-state index contributed by atoms with van der Waals surface area (Å²) in [6.07, 6.45) is 1.24. The summed E-state index contributed by atoms with van der Waals surface area (Å²) >= 11 is 1.03. The van der Waals surface area contributed by atoms with Crippen molar-refractivity contribution in [1.29, 1.82) is 0 Å². The SMILES string of the molecule is Cc1c(C(N)=O)sc2ncn(CC(=O)Nc3ccc(S(=O)(=O)N4CCOCC4)cc3)c(=O)c12. The molecule has 3 N–H and O–H groups in total. The minimum absolute atomic E-state index is 0.117. The third kappa shape index (κ3) is 4.53. The Bertz CT molecular complexity index is 1390. The predicted molar refractivity (Wildman–Crippen MR) is 122 cm³/mol. The van der Waals surface area contributed by atoms with E-state index in [1.807, 2.05) is 0 Å². The van der Waals surface area contributed by atoms with E-state index in [2.05, 4.69) is 10.3 Å². The van der Waals surface area contributed by atoms with Crippen LogP contribution in [0.4, 0.5) is 5.69 Å². The number of nitrogens with zero attached hydrogens (tertiary/aromatic N) is 3. The van der Waals surface area contributed by atoms with E-state index in [1.165, 1.54) is 34.9 Å². The molecule has 33 heavy (non-hydrogen) atoms. The standard InChI is InChI=1S/C20H21N5O6S2/c1-12-16-19(32-17(12)18(21)27)22-11-24(20(16)28)10-15(26)23-13-2-4-14(5-3-13)33(29,30)25-6-8-31-9-7-25/h2-5,11H,6-10H2,1H3,(H2,21,27)(H,23,26). The van der Waals surface area contributed by atoms with E-state index in [-0.39, 0.29) is 21.7 Å². The average Bonchev–Trinajstić information content (AvgIpc) is 3.14. The highest BCUT2D eigenvalue weighted by Crippen LogP contribution is 2.26. The number of morpholine rings is 1. The molecule has 174 valence electrons. The topological polar surface area (TPSA) is 154 Å². The van der Waals surface area contributed by atoms with Gasteiger partial charge in [-0.3, -0.25) is 19.0 Å². The van der Waals surface area contributed by atoms with Crippen LogP contribution in [0.5, 0.6) is 0 Å². The molecule has 0 spiro atoms. The molecule has 1 aliphatic heterocycles. The predicted octanol–water partition coefficient (Wildman–Crippen LogP) is 0.525. The van der Waals surface area contributed by atoms with Crippen LogP contribution in [0.3, 0.4) is 0 Å². The molecular weight excluding hydrogens is 470 g/mol. The Labute approximate surface area is 192 Å². The lowest BCUT2D eigenvalue weighted by molar-refractivity contribution is -0.116. The molecule has 0 atom stereocenters. The summed E-state index contributed by atoms with van der Waals surface area (Å²) in [4.78, 5) is 41.7. The van der Waals surface area contributed by atoms with Crippen LogP contribution in [0.1, 0.15) is 15.2 Å². The Balaban J connectivity index is 1.48. The van der Waals surface area contributed by atoms with Crippen LogP contribution in [0.25, 0.3) is 10.2 Å². The van der Waals surface area contributed by atoms with Crippen molar-refractivity contribution in [2.75, 3.05) is 31.6 Å². The molecule has 1 aliphatic rings. The summed E-state index contributed by atoms with van der Waals surface area (Å²) in [5.74, 6) is -1.14. The van der Waals surface area contributed by atoms with E-state index in [1.54, 1.807) is 6.92 Å². The van der Waals surface area contributed by atoms with Crippen LogP contribution in [-0.2, 0) is 26.1 Å². The third-order valence-corrected chi connectivity index (χ3v) is 8.33. The van der Waals surface area contributed by atoms with Crippen molar-refractivity contribution in [1.82, 2.24) is 13.9 Å². The van der Waals surface area contributed by atoms with Gasteiger partial charge in [0.15, 0.2) is 0 Å². The second-order valence-electron chi connectivity index (χ2n) is 7.37. The maximum atomic E-state index is 12.8. The Morgan fingerprint density at radius 2 is 1.88 bits per heavy atom. The molecule has 1 fully saturated rings. The number of rotatable bonds is 6. The van der Waals surface area contributed by atoms with Crippen LogP contribution in [0, 0.1) is 6.92 Å². The van der Waals surface area contributed by atoms with Gasteiger partial charge in [-0.25, -0.2) is 13.4 Å². The van der Waals surface area contributed by atoms with Gasteiger partial charge in [0, 0.05) is 18.8 Å². The van der Waals surface area contributed by atoms with E-state index in [9.17, 15) is 22.8 Å². The molecule has 0 aliphatic carbocycles. The van der Waals surface area contributed by atoms with Crippen molar-refractivity contribution < 1.29 is 22.7 Å². The number of benzene rings is 1. The summed E-state index contributed by atoms with van der Waals surface area (Å²) in [5.41, 5.74) is 5.70. The van der Waals surface area contributed by atoms with Gasteiger partial charge < -0.3 is 15.8 Å². The van der Waals surface area contributed by atoms with Gasteiger partial charge in [-0.15, -0.1) is 11.3 Å². The zero-order valence-corrected chi connectivity index (χ0v) is 19.2. The lowest BCUT2D eigenvalue weighted by atomic mass is 10.2. The lowest BCUT2D eigenvalue weighted by Crippen LogP contribution is -2.40. The number of thiophene rings is 1. The van der Waals surface area contributed by atoms with Crippen molar-refractivity contribution >= 4 is 49.1 Å². The van der Waals surface area contributed by atoms with Gasteiger partial charge in [0.2, 0.25) is 15.9 Å². The molecule has 4 rings (SSSR count). The Kier molecular flexibility index (Phi) is 6.30. The van der Waals surface area contributed by atoms with Gasteiger partial charge in [0.25, 0.3) is 11.5 Å². The van der Waals surface area contributed by atoms with Crippen molar-refractivity contribution in [3.8, 4) is 0 Å².